The molecule has 0 aliphatic heterocycles. The SMILES string of the molecule is C/C=C(\CS(=O)(=NC)c1ccccc1)c1ccccc1. The summed E-state index contributed by atoms with van der Waals surface area (Å²) in [4.78, 5) is 0.790. The summed E-state index contributed by atoms with van der Waals surface area (Å²) in [6.45, 7) is 1.98. The molecule has 0 fully saturated rings. The topological polar surface area (TPSA) is 29.4 Å². The van der Waals surface area contributed by atoms with Crippen LogP contribution in [0.2, 0.25) is 0 Å². The Bertz CT molecular complexity index is 696. The van der Waals surface area contributed by atoms with Crippen molar-refractivity contribution in [3.05, 3.63) is 72.3 Å². The van der Waals surface area contributed by atoms with Crippen LogP contribution in [0, 0.1) is 0 Å². The first kappa shape index (κ1) is 14.5. The molecule has 0 heterocycles. The average molecular weight is 285 g/mol. The maximum atomic E-state index is 13.1. The van der Waals surface area contributed by atoms with Gasteiger partial charge in [-0.2, -0.15) is 0 Å². The third-order valence-electron chi connectivity index (χ3n) is 3.25. The lowest BCUT2D eigenvalue weighted by Crippen LogP contribution is -2.08. The Balaban J connectivity index is 2.39. The van der Waals surface area contributed by atoms with E-state index in [4.69, 9.17) is 0 Å². The maximum absolute atomic E-state index is 13.1. The zero-order chi connectivity index (χ0) is 14.4. The highest BCUT2D eigenvalue weighted by molar-refractivity contribution is 7.94. The monoisotopic (exact) mass is 285 g/mol. The van der Waals surface area contributed by atoms with Crippen LogP contribution in [0.25, 0.3) is 5.57 Å². The lowest BCUT2D eigenvalue weighted by Gasteiger charge is -2.13. The van der Waals surface area contributed by atoms with Crippen molar-refractivity contribution in [1.82, 2.24) is 0 Å². The highest BCUT2D eigenvalue weighted by atomic mass is 32.2. The van der Waals surface area contributed by atoms with E-state index < -0.39 is 9.73 Å². The Morgan fingerprint density at radius 1 is 1.05 bits per heavy atom. The van der Waals surface area contributed by atoms with Gasteiger partial charge < -0.3 is 0 Å². The van der Waals surface area contributed by atoms with Gasteiger partial charge in [0, 0.05) is 11.9 Å². The Hall–Kier alpha value is -1.87. The van der Waals surface area contributed by atoms with Gasteiger partial charge in [0.15, 0.2) is 0 Å². The zero-order valence-electron chi connectivity index (χ0n) is 11.8. The van der Waals surface area contributed by atoms with E-state index in [0.717, 1.165) is 16.0 Å². The summed E-state index contributed by atoms with van der Waals surface area (Å²) in [5.74, 6) is 0.439. The quantitative estimate of drug-likeness (QED) is 0.826. The van der Waals surface area contributed by atoms with Crippen molar-refractivity contribution in [3.63, 3.8) is 0 Å². The minimum absolute atomic E-state index is 0.439. The van der Waals surface area contributed by atoms with Crippen molar-refractivity contribution in [2.24, 2.45) is 4.36 Å². The van der Waals surface area contributed by atoms with E-state index in [1.807, 2.05) is 73.7 Å². The predicted octanol–water partition coefficient (Wildman–Crippen LogP) is 4.25. The van der Waals surface area contributed by atoms with Gasteiger partial charge in [-0.25, -0.2) is 8.57 Å². The van der Waals surface area contributed by atoms with Crippen molar-refractivity contribution >= 4 is 15.3 Å². The van der Waals surface area contributed by atoms with E-state index in [2.05, 4.69) is 4.36 Å². The van der Waals surface area contributed by atoms with Crippen LogP contribution in [0.5, 0.6) is 0 Å². The van der Waals surface area contributed by atoms with Gasteiger partial charge >= 0.3 is 0 Å². The first-order valence-corrected chi connectivity index (χ1v) is 8.26. The smallest absolute Gasteiger partial charge is 0.0791 e. The fourth-order valence-corrected chi connectivity index (χ4v) is 3.93. The number of allylic oxidation sites excluding steroid dienone is 1. The summed E-state index contributed by atoms with van der Waals surface area (Å²) in [7, 11) is -0.776. The van der Waals surface area contributed by atoms with Crippen molar-refractivity contribution in [2.75, 3.05) is 12.8 Å². The van der Waals surface area contributed by atoms with Gasteiger partial charge in [0.25, 0.3) is 0 Å². The van der Waals surface area contributed by atoms with Crippen LogP contribution >= 0.6 is 0 Å². The van der Waals surface area contributed by atoms with Gasteiger partial charge in [-0.1, -0.05) is 54.6 Å². The third kappa shape index (κ3) is 3.17. The second-order valence-corrected chi connectivity index (χ2v) is 6.87. The third-order valence-corrected chi connectivity index (χ3v) is 5.55. The second-order valence-electron chi connectivity index (χ2n) is 4.46. The van der Waals surface area contributed by atoms with Crippen LogP contribution in [-0.2, 0) is 9.73 Å². The van der Waals surface area contributed by atoms with Crippen LogP contribution in [0.1, 0.15) is 12.5 Å². The summed E-state index contributed by atoms with van der Waals surface area (Å²) < 4.78 is 17.3. The van der Waals surface area contributed by atoms with Gasteiger partial charge in [-0.05, 0) is 30.2 Å². The average Bonchev–Trinajstić information content (AvgIpc) is 2.54. The largest absolute Gasteiger partial charge is 0.244 e. The molecule has 2 nitrogen and oxygen atoms in total. The molecule has 3 heteroatoms. The van der Waals surface area contributed by atoms with Gasteiger partial charge in [0.2, 0.25) is 0 Å². The summed E-state index contributed by atoms with van der Waals surface area (Å²) >= 11 is 0. The van der Waals surface area contributed by atoms with Crippen molar-refractivity contribution in [1.29, 1.82) is 0 Å². The molecule has 0 aliphatic rings. The summed E-state index contributed by atoms with van der Waals surface area (Å²) in [6.07, 6.45) is 2.02. The van der Waals surface area contributed by atoms with Crippen LogP contribution < -0.4 is 0 Å². The number of benzene rings is 2. The Morgan fingerprint density at radius 3 is 2.10 bits per heavy atom. The van der Waals surface area contributed by atoms with Gasteiger partial charge in [0.1, 0.15) is 0 Å². The molecule has 0 saturated carbocycles. The lowest BCUT2D eigenvalue weighted by molar-refractivity contribution is 0.678. The van der Waals surface area contributed by atoms with Gasteiger partial charge in [-0.15, -0.1) is 0 Å². The number of rotatable bonds is 4. The molecular formula is C17H19NOS. The molecule has 104 valence electrons. The molecule has 0 bridgehead atoms. The number of nitrogens with zero attached hydrogens (tertiary/aromatic N) is 1. The molecule has 0 aliphatic carbocycles. The van der Waals surface area contributed by atoms with E-state index in [1.165, 1.54) is 0 Å². The van der Waals surface area contributed by atoms with E-state index in [1.54, 1.807) is 7.05 Å². The predicted molar refractivity (Wildman–Crippen MR) is 86.2 cm³/mol. The normalized spacial score (nSPS) is 14.6. The molecule has 0 radical (unpaired) electrons. The molecule has 0 amide bonds. The van der Waals surface area contributed by atoms with Crippen molar-refractivity contribution in [2.45, 2.75) is 11.8 Å². The highest BCUT2D eigenvalue weighted by Gasteiger charge is 2.14. The fraction of sp³-hybridized carbons (Fsp3) is 0.176. The zero-order valence-corrected chi connectivity index (χ0v) is 12.6. The van der Waals surface area contributed by atoms with Crippen LogP contribution in [0.3, 0.4) is 0 Å². The van der Waals surface area contributed by atoms with Crippen LogP contribution in [0.15, 0.2) is 76.0 Å². The van der Waals surface area contributed by atoms with E-state index in [0.29, 0.717) is 5.75 Å². The minimum atomic E-state index is -2.41. The van der Waals surface area contributed by atoms with Crippen LogP contribution in [-0.4, -0.2) is 17.0 Å². The molecular weight excluding hydrogens is 266 g/mol. The molecule has 2 aromatic rings. The summed E-state index contributed by atoms with van der Waals surface area (Å²) in [6, 6.07) is 19.5. The van der Waals surface area contributed by atoms with Crippen molar-refractivity contribution < 1.29 is 4.21 Å². The molecule has 20 heavy (non-hydrogen) atoms. The summed E-state index contributed by atoms with van der Waals surface area (Å²) in [5.41, 5.74) is 2.16. The first-order chi connectivity index (χ1) is 9.69. The molecule has 0 N–H and O–H groups in total. The minimum Gasteiger partial charge on any atom is -0.244 e. The second kappa shape index (κ2) is 6.53. The molecule has 0 aromatic heterocycles. The Morgan fingerprint density at radius 2 is 1.60 bits per heavy atom. The first-order valence-electron chi connectivity index (χ1n) is 6.58. The Kier molecular flexibility index (Phi) is 4.74. The van der Waals surface area contributed by atoms with Crippen molar-refractivity contribution in [3.8, 4) is 0 Å². The molecule has 0 spiro atoms. The molecule has 0 saturated heterocycles. The number of hydrogen-bond donors (Lipinski definition) is 0. The van der Waals surface area contributed by atoms with Gasteiger partial charge in [-0.3, -0.25) is 0 Å². The Labute approximate surface area is 121 Å². The standard InChI is InChI=1S/C17H19NOS/c1-3-15(16-10-6-4-7-11-16)14-20(19,18-2)17-12-8-5-9-13-17/h3-13H,14H2,1-2H3/b15-3+. The highest BCUT2D eigenvalue weighted by Crippen LogP contribution is 2.22. The molecule has 1 atom stereocenters. The molecule has 2 rings (SSSR count). The number of hydrogen-bond acceptors (Lipinski definition) is 2. The van der Waals surface area contributed by atoms with E-state index >= 15 is 0 Å². The lowest BCUT2D eigenvalue weighted by atomic mass is 10.1. The van der Waals surface area contributed by atoms with E-state index in [9.17, 15) is 4.21 Å². The maximum Gasteiger partial charge on any atom is 0.0791 e. The van der Waals surface area contributed by atoms with Crippen LogP contribution in [0.4, 0.5) is 0 Å². The molecule has 1 unspecified atom stereocenters. The molecule has 2 aromatic carbocycles. The van der Waals surface area contributed by atoms with E-state index in [-0.39, 0.29) is 0 Å². The van der Waals surface area contributed by atoms with Gasteiger partial charge in [0.05, 0.1) is 15.5 Å². The fourth-order valence-electron chi connectivity index (χ4n) is 2.08. The summed E-state index contributed by atoms with van der Waals surface area (Å²) in [5, 5.41) is 0.